The molecule has 1 heterocycles. The average molecular weight is 696 g/mol. The first-order valence-corrected chi connectivity index (χ1v) is 17.1. The van der Waals surface area contributed by atoms with Crippen LogP contribution in [0.3, 0.4) is 0 Å². The Morgan fingerprint density at radius 2 is 1.40 bits per heavy atom. The molecule has 3 aromatic carbocycles. The summed E-state index contributed by atoms with van der Waals surface area (Å²) < 4.78 is 21.5. The van der Waals surface area contributed by atoms with Crippen LogP contribution in [0.2, 0.25) is 0 Å². The second-order valence-electron chi connectivity index (χ2n) is 11.6. The van der Waals surface area contributed by atoms with E-state index in [-0.39, 0.29) is 17.6 Å². The second kappa shape index (κ2) is 16.7. The number of hydrogen-bond acceptors (Lipinski definition) is 10. The number of ether oxygens (including phenoxy) is 4. The van der Waals surface area contributed by atoms with Crippen LogP contribution in [0.15, 0.2) is 90.3 Å². The molecule has 4 aromatic rings. The molecule has 0 atom stereocenters. The third-order valence-electron chi connectivity index (χ3n) is 8.48. The number of allylic oxidation sites excluding steroid dienone is 1. The van der Waals surface area contributed by atoms with Crippen molar-refractivity contribution in [2.24, 2.45) is 11.8 Å². The summed E-state index contributed by atoms with van der Waals surface area (Å²) in [6.45, 7) is 2.25. The van der Waals surface area contributed by atoms with Crippen molar-refractivity contribution in [1.29, 1.82) is 0 Å². The first kappa shape index (κ1) is 35.7. The number of methoxy groups -OCH3 is 2. The molecule has 5 rings (SSSR count). The fourth-order valence-corrected chi connectivity index (χ4v) is 6.30. The number of thiophene rings is 1. The minimum absolute atomic E-state index is 0.154. The zero-order valence-electron chi connectivity index (χ0n) is 28.0. The predicted molar refractivity (Wildman–Crippen MR) is 189 cm³/mol. The zero-order valence-corrected chi connectivity index (χ0v) is 28.8. The fraction of sp³-hybridized carbons (Fsp3) is 0.256. The maximum Gasteiger partial charge on any atom is 0.337 e. The number of carbonyl (C=O) groups excluding carboxylic acids is 5. The molecule has 0 aliphatic heterocycles. The van der Waals surface area contributed by atoms with Gasteiger partial charge in [-0.1, -0.05) is 6.07 Å². The summed E-state index contributed by atoms with van der Waals surface area (Å²) in [5, 5.41) is 1.83. The van der Waals surface area contributed by atoms with Gasteiger partial charge in [0.25, 0.3) is 5.91 Å². The topological polar surface area (TPSA) is 126 Å². The van der Waals surface area contributed by atoms with Crippen molar-refractivity contribution >= 4 is 52.7 Å². The Balaban J connectivity index is 1.14. The number of carbonyl (C=O) groups is 5. The molecule has 1 aliphatic rings. The van der Waals surface area contributed by atoms with Crippen LogP contribution in [0.4, 0.5) is 5.69 Å². The standard InChI is InChI=1S/C39H37NO9S/c1-4-40(30-16-11-26(12-17-30)37(43)47-3)36(42)25-13-18-31(19-14-25)48-38(44)27-7-9-28(10-8-27)39(45)49-34-22-20-32(46-2)24-29(34)15-21-33(41)35-6-5-23-50-35/h5-6,11-24,27-28H,4,7-10H2,1-3H3/b21-15+. The summed E-state index contributed by atoms with van der Waals surface area (Å²) in [5.74, 6) is -1.24. The van der Waals surface area contributed by atoms with Crippen LogP contribution < -0.4 is 19.1 Å². The molecule has 1 fully saturated rings. The van der Waals surface area contributed by atoms with E-state index in [4.69, 9.17) is 18.9 Å². The molecule has 1 aliphatic carbocycles. The van der Waals surface area contributed by atoms with Gasteiger partial charge in [-0.05, 0) is 123 Å². The highest BCUT2D eigenvalue weighted by Crippen LogP contribution is 2.33. The number of amides is 1. The highest BCUT2D eigenvalue weighted by Gasteiger charge is 2.32. The van der Waals surface area contributed by atoms with Gasteiger partial charge in [0.1, 0.15) is 17.2 Å². The molecule has 0 radical (unpaired) electrons. The zero-order chi connectivity index (χ0) is 35.6. The monoisotopic (exact) mass is 695 g/mol. The number of ketones is 1. The van der Waals surface area contributed by atoms with Crippen molar-refractivity contribution in [3.05, 3.63) is 112 Å². The van der Waals surface area contributed by atoms with Gasteiger partial charge in [0.15, 0.2) is 5.78 Å². The van der Waals surface area contributed by atoms with Crippen molar-refractivity contribution in [3.8, 4) is 17.2 Å². The first-order chi connectivity index (χ1) is 24.2. The highest BCUT2D eigenvalue weighted by atomic mass is 32.1. The summed E-state index contributed by atoms with van der Waals surface area (Å²) in [6, 6.07) is 21.5. The van der Waals surface area contributed by atoms with Crippen LogP contribution >= 0.6 is 11.3 Å². The van der Waals surface area contributed by atoms with Gasteiger partial charge in [-0.25, -0.2) is 4.79 Å². The summed E-state index contributed by atoms with van der Waals surface area (Å²) in [6.07, 6.45) is 4.87. The molecule has 1 amide bonds. The van der Waals surface area contributed by atoms with Gasteiger partial charge in [0.05, 0.1) is 36.5 Å². The van der Waals surface area contributed by atoms with Gasteiger partial charge in [0, 0.05) is 23.4 Å². The van der Waals surface area contributed by atoms with Gasteiger partial charge in [-0.2, -0.15) is 0 Å². The van der Waals surface area contributed by atoms with Crippen molar-refractivity contribution in [1.82, 2.24) is 0 Å². The van der Waals surface area contributed by atoms with Gasteiger partial charge in [0.2, 0.25) is 0 Å². The lowest BCUT2D eigenvalue weighted by Gasteiger charge is -2.26. The lowest BCUT2D eigenvalue weighted by molar-refractivity contribution is -0.145. The normalized spacial score (nSPS) is 15.6. The van der Waals surface area contributed by atoms with E-state index in [1.165, 1.54) is 31.6 Å². The number of anilines is 1. The Labute approximate surface area is 294 Å². The third-order valence-corrected chi connectivity index (χ3v) is 9.37. The van der Waals surface area contributed by atoms with E-state index in [1.807, 2.05) is 12.3 Å². The number of benzene rings is 3. The Bertz CT molecular complexity index is 1860. The van der Waals surface area contributed by atoms with Crippen molar-refractivity contribution in [2.45, 2.75) is 32.6 Å². The molecular formula is C39H37NO9S. The predicted octanol–water partition coefficient (Wildman–Crippen LogP) is 7.42. The van der Waals surface area contributed by atoms with Crippen LogP contribution in [0.25, 0.3) is 6.08 Å². The highest BCUT2D eigenvalue weighted by molar-refractivity contribution is 7.12. The van der Waals surface area contributed by atoms with E-state index in [0.717, 1.165) is 0 Å². The molecule has 0 bridgehead atoms. The van der Waals surface area contributed by atoms with Crippen molar-refractivity contribution < 1.29 is 42.9 Å². The van der Waals surface area contributed by atoms with E-state index in [1.54, 1.807) is 89.8 Å². The third kappa shape index (κ3) is 8.72. The van der Waals surface area contributed by atoms with Crippen LogP contribution in [-0.2, 0) is 14.3 Å². The molecule has 0 saturated heterocycles. The Hall–Kier alpha value is -5.55. The lowest BCUT2D eigenvalue weighted by atomic mass is 9.82. The number of hydrogen-bond donors (Lipinski definition) is 0. The molecular weight excluding hydrogens is 658 g/mol. The van der Waals surface area contributed by atoms with Crippen LogP contribution in [-0.4, -0.2) is 50.4 Å². The van der Waals surface area contributed by atoms with E-state index in [0.29, 0.717) is 76.7 Å². The summed E-state index contributed by atoms with van der Waals surface area (Å²) in [4.78, 5) is 65.8. The van der Waals surface area contributed by atoms with Gasteiger partial charge < -0.3 is 23.8 Å². The van der Waals surface area contributed by atoms with E-state index < -0.39 is 23.8 Å². The van der Waals surface area contributed by atoms with Crippen LogP contribution in [0.5, 0.6) is 17.2 Å². The maximum absolute atomic E-state index is 13.3. The molecule has 258 valence electrons. The average Bonchev–Trinajstić information content (AvgIpc) is 3.70. The maximum atomic E-state index is 13.3. The van der Waals surface area contributed by atoms with E-state index in [2.05, 4.69) is 0 Å². The molecule has 0 N–H and O–H groups in total. The minimum atomic E-state index is -0.459. The van der Waals surface area contributed by atoms with E-state index in [9.17, 15) is 24.0 Å². The van der Waals surface area contributed by atoms with Crippen LogP contribution in [0.1, 0.15) is 68.6 Å². The lowest BCUT2D eigenvalue weighted by Crippen LogP contribution is -2.31. The summed E-state index contributed by atoms with van der Waals surface area (Å²) >= 11 is 1.35. The molecule has 50 heavy (non-hydrogen) atoms. The molecule has 11 heteroatoms. The molecule has 1 aromatic heterocycles. The number of esters is 3. The van der Waals surface area contributed by atoms with Crippen LogP contribution in [0, 0.1) is 11.8 Å². The second-order valence-corrected chi connectivity index (χ2v) is 12.5. The molecule has 0 unspecified atom stereocenters. The Kier molecular flexibility index (Phi) is 11.9. The SMILES string of the molecule is CCN(C(=O)c1ccc(OC(=O)C2CCC(C(=O)Oc3ccc(OC)cc3/C=C/C(=O)c3cccs3)CC2)cc1)c1ccc(C(=O)OC)cc1. The Morgan fingerprint density at radius 3 is 1.98 bits per heavy atom. The summed E-state index contributed by atoms with van der Waals surface area (Å²) in [7, 11) is 2.84. The van der Waals surface area contributed by atoms with Crippen molar-refractivity contribution in [2.75, 3.05) is 25.7 Å². The largest absolute Gasteiger partial charge is 0.497 e. The fourth-order valence-electron chi connectivity index (χ4n) is 5.66. The summed E-state index contributed by atoms with van der Waals surface area (Å²) in [5.41, 5.74) is 1.95. The van der Waals surface area contributed by atoms with Gasteiger partial charge in [-0.15, -0.1) is 11.3 Å². The number of nitrogens with zero attached hydrogens (tertiary/aromatic N) is 1. The van der Waals surface area contributed by atoms with Crippen molar-refractivity contribution in [3.63, 3.8) is 0 Å². The molecule has 10 nitrogen and oxygen atoms in total. The van der Waals surface area contributed by atoms with Gasteiger partial charge in [-0.3, -0.25) is 19.2 Å². The minimum Gasteiger partial charge on any atom is -0.497 e. The molecule has 1 saturated carbocycles. The quantitative estimate of drug-likeness (QED) is 0.0644. The molecule has 0 spiro atoms. The van der Waals surface area contributed by atoms with Gasteiger partial charge >= 0.3 is 17.9 Å². The number of rotatable bonds is 12. The van der Waals surface area contributed by atoms with E-state index >= 15 is 0 Å². The Morgan fingerprint density at radius 1 is 0.780 bits per heavy atom. The smallest absolute Gasteiger partial charge is 0.337 e. The first-order valence-electron chi connectivity index (χ1n) is 16.2.